The molecule has 2 heterocycles. The molecule has 1 saturated carbocycles. The van der Waals surface area contributed by atoms with Crippen LogP contribution in [0.3, 0.4) is 0 Å². The molecule has 3 nitrogen and oxygen atoms in total. The van der Waals surface area contributed by atoms with Crippen molar-refractivity contribution in [1.29, 1.82) is 0 Å². The van der Waals surface area contributed by atoms with Gasteiger partial charge in [-0.3, -0.25) is 4.79 Å². The van der Waals surface area contributed by atoms with Crippen molar-refractivity contribution >= 4 is 5.78 Å². The first-order valence-electron chi connectivity index (χ1n) is 6.78. The summed E-state index contributed by atoms with van der Waals surface area (Å²) in [6, 6.07) is 0. The highest BCUT2D eigenvalue weighted by Crippen LogP contribution is 2.64. The minimum Gasteiger partial charge on any atom is -0.390 e. The van der Waals surface area contributed by atoms with Crippen molar-refractivity contribution in [2.24, 2.45) is 17.3 Å². The average Bonchev–Trinajstić information content (AvgIpc) is 2.54. The highest BCUT2D eigenvalue weighted by molar-refractivity contribution is 5.86. The van der Waals surface area contributed by atoms with Gasteiger partial charge in [0.15, 0.2) is 0 Å². The van der Waals surface area contributed by atoms with Crippen molar-refractivity contribution in [2.75, 3.05) is 0 Å². The number of hydrogen-bond donors (Lipinski definition) is 1. The molecule has 2 bridgehead atoms. The third-order valence-electron chi connectivity index (χ3n) is 5.48. The number of carbonyl (C=O) groups is 1. The third-order valence-corrected chi connectivity index (χ3v) is 5.48. The Morgan fingerprint density at radius 1 is 1.47 bits per heavy atom. The standard InChI is InChI=1S/C14H22O3/c1-8(2)12-10(16)6-14-5-4-9(15)11(17-14)7-13(12,14)3/h8-9,11-12,15H,4-7H2,1-3H3/t9-,11-,12+,13-,14+/m1/s1. The Bertz CT molecular complexity index is 364. The number of hydrogen-bond acceptors (Lipinski definition) is 3. The summed E-state index contributed by atoms with van der Waals surface area (Å²) in [6.07, 6.45) is 2.68. The number of aliphatic hydroxyl groups excluding tert-OH is 1. The molecule has 3 rings (SSSR count). The number of rotatable bonds is 1. The van der Waals surface area contributed by atoms with Crippen LogP contribution in [0.1, 0.15) is 46.5 Å². The topological polar surface area (TPSA) is 46.5 Å². The summed E-state index contributed by atoms with van der Waals surface area (Å²) >= 11 is 0. The number of Topliss-reactive ketones (excluding diaryl/α,β-unsaturated/α-hetero) is 1. The largest absolute Gasteiger partial charge is 0.390 e. The fraction of sp³-hybridized carbons (Fsp3) is 0.929. The van der Waals surface area contributed by atoms with Gasteiger partial charge in [0, 0.05) is 17.8 Å². The van der Waals surface area contributed by atoms with Gasteiger partial charge in [0.2, 0.25) is 0 Å². The second-order valence-electron chi connectivity index (χ2n) is 6.74. The van der Waals surface area contributed by atoms with E-state index in [4.69, 9.17) is 4.74 Å². The van der Waals surface area contributed by atoms with E-state index >= 15 is 0 Å². The number of aliphatic hydroxyl groups is 1. The summed E-state index contributed by atoms with van der Waals surface area (Å²) in [6.45, 7) is 6.47. The maximum absolute atomic E-state index is 12.3. The molecule has 1 N–H and O–H groups in total. The van der Waals surface area contributed by atoms with E-state index in [-0.39, 0.29) is 29.1 Å². The molecule has 1 spiro atoms. The highest BCUT2D eigenvalue weighted by atomic mass is 16.5. The van der Waals surface area contributed by atoms with Crippen LogP contribution in [0, 0.1) is 17.3 Å². The van der Waals surface area contributed by atoms with Gasteiger partial charge in [-0.05, 0) is 25.2 Å². The quantitative estimate of drug-likeness (QED) is 0.759. The average molecular weight is 238 g/mol. The van der Waals surface area contributed by atoms with Gasteiger partial charge in [0.05, 0.1) is 17.8 Å². The van der Waals surface area contributed by atoms with Crippen molar-refractivity contribution < 1.29 is 14.6 Å². The lowest BCUT2D eigenvalue weighted by Gasteiger charge is -2.41. The monoisotopic (exact) mass is 238 g/mol. The molecule has 0 amide bonds. The van der Waals surface area contributed by atoms with Gasteiger partial charge in [-0.15, -0.1) is 0 Å². The summed E-state index contributed by atoms with van der Waals surface area (Å²) in [5.74, 6) is 0.849. The van der Waals surface area contributed by atoms with Crippen LogP contribution in [-0.2, 0) is 9.53 Å². The van der Waals surface area contributed by atoms with Gasteiger partial charge < -0.3 is 9.84 Å². The van der Waals surface area contributed by atoms with E-state index in [0.717, 1.165) is 19.3 Å². The molecule has 0 unspecified atom stereocenters. The van der Waals surface area contributed by atoms with E-state index in [1.807, 2.05) is 0 Å². The van der Waals surface area contributed by atoms with Crippen LogP contribution in [0.5, 0.6) is 0 Å². The van der Waals surface area contributed by atoms with Crippen molar-refractivity contribution in [3.05, 3.63) is 0 Å². The zero-order valence-corrected chi connectivity index (χ0v) is 10.9. The van der Waals surface area contributed by atoms with Gasteiger partial charge in [-0.2, -0.15) is 0 Å². The minimum absolute atomic E-state index is 0.0388. The lowest BCUT2D eigenvalue weighted by atomic mass is 9.66. The van der Waals surface area contributed by atoms with Crippen molar-refractivity contribution in [3.8, 4) is 0 Å². The first-order valence-corrected chi connectivity index (χ1v) is 6.78. The number of ether oxygens (including phenoxy) is 1. The Balaban J connectivity index is 2.02. The number of carbonyl (C=O) groups excluding carboxylic acids is 1. The summed E-state index contributed by atoms with van der Waals surface area (Å²) in [5, 5.41) is 9.94. The maximum Gasteiger partial charge on any atom is 0.139 e. The molecule has 3 aliphatic rings. The van der Waals surface area contributed by atoms with E-state index < -0.39 is 0 Å². The summed E-state index contributed by atoms with van der Waals surface area (Å²) in [5.41, 5.74) is -0.316. The fourth-order valence-electron chi connectivity index (χ4n) is 4.79. The minimum atomic E-state index is -0.328. The van der Waals surface area contributed by atoms with Gasteiger partial charge >= 0.3 is 0 Å². The molecule has 3 heteroatoms. The SMILES string of the molecule is CC(C)[C@H]1C(=O)C[C@@]23CC[C@@H](O)[C@@H](C[C@]12C)O3. The molecule has 2 saturated heterocycles. The van der Waals surface area contributed by atoms with Crippen LogP contribution < -0.4 is 0 Å². The molecule has 17 heavy (non-hydrogen) atoms. The third kappa shape index (κ3) is 1.27. The van der Waals surface area contributed by atoms with Crippen LogP contribution in [0.4, 0.5) is 0 Å². The lowest BCUT2D eigenvalue weighted by molar-refractivity contribution is -0.149. The van der Waals surface area contributed by atoms with E-state index in [1.165, 1.54) is 0 Å². The molecular formula is C14H22O3. The second kappa shape index (κ2) is 3.33. The van der Waals surface area contributed by atoms with Crippen molar-refractivity contribution in [2.45, 2.75) is 64.3 Å². The predicted molar refractivity (Wildman–Crippen MR) is 63.5 cm³/mol. The predicted octanol–water partition coefficient (Wildman–Crippen LogP) is 1.92. The highest BCUT2D eigenvalue weighted by Gasteiger charge is 2.69. The molecular weight excluding hydrogens is 216 g/mol. The zero-order chi connectivity index (χ0) is 12.4. The van der Waals surface area contributed by atoms with Crippen LogP contribution in [0.15, 0.2) is 0 Å². The summed E-state index contributed by atoms with van der Waals surface area (Å²) < 4.78 is 6.10. The smallest absolute Gasteiger partial charge is 0.139 e. The van der Waals surface area contributed by atoms with Gasteiger partial charge in [-0.25, -0.2) is 0 Å². The van der Waals surface area contributed by atoms with Crippen molar-refractivity contribution in [1.82, 2.24) is 0 Å². The van der Waals surface area contributed by atoms with Gasteiger partial charge in [-0.1, -0.05) is 20.8 Å². The zero-order valence-electron chi connectivity index (χ0n) is 10.9. The molecule has 96 valence electrons. The summed E-state index contributed by atoms with van der Waals surface area (Å²) in [7, 11) is 0. The summed E-state index contributed by atoms with van der Waals surface area (Å²) in [4.78, 5) is 12.3. The Kier molecular flexibility index (Phi) is 2.28. The maximum atomic E-state index is 12.3. The molecule has 5 atom stereocenters. The molecule has 2 aliphatic heterocycles. The van der Waals surface area contributed by atoms with Crippen LogP contribution in [0.25, 0.3) is 0 Å². The number of ketones is 1. The Hall–Kier alpha value is -0.410. The van der Waals surface area contributed by atoms with E-state index in [1.54, 1.807) is 0 Å². The first kappa shape index (κ1) is 11.7. The normalized spacial score (nSPS) is 53.2. The van der Waals surface area contributed by atoms with Gasteiger partial charge in [0.25, 0.3) is 0 Å². The van der Waals surface area contributed by atoms with Crippen molar-refractivity contribution in [3.63, 3.8) is 0 Å². The van der Waals surface area contributed by atoms with Crippen LogP contribution in [0.2, 0.25) is 0 Å². The molecule has 3 fully saturated rings. The van der Waals surface area contributed by atoms with E-state index in [9.17, 15) is 9.90 Å². The molecule has 1 aliphatic carbocycles. The van der Waals surface area contributed by atoms with E-state index in [2.05, 4.69) is 20.8 Å². The Morgan fingerprint density at radius 2 is 2.18 bits per heavy atom. The number of fused-ring (bicyclic) bond motifs is 1. The Morgan fingerprint density at radius 3 is 2.82 bits per heavy atom. The van der Waals surface area contributed by atoms with E-state index in [0.29, 0.717) is 18.1 Å². The van der Waals surface area contributed by atoms with Crippen LogP contribution in [-0.4, -0.2) is 28.7 Å². The molecule has 0 aromatic carbocycles. The lowest BCUT2D eigenvalue weighted by Crippen LogP contribution is -2.45. The van der Waals surface area contributed by atoms with Gasteiger partial charge in [0.1, 0.15) is 5.78 Å². The molecule has 0 aromatic heterocycles. The fourth-order valence-corrected chi connectivity index (χ4v) is 4.79. The molecule has 0 aromatic rings. The van der Waals surface area contributed by atoms with Crippen LogP contribution >= 0.6 is 0 Å². The Labute approximate surface area is 103 Å². The second-order valence-corrected chi connectivity index (χ2v) is 6.74. The first-order chi connectivity index (χ1) is 7.90. The molecule has 0 radical (unpaired) electrons.